The van der Waals surface area contributed by atoms with Gasteiger partial charge in [-0.15, -0.1) is 0 Å². The Bertz CT molecular complexity index is 743. The van der Waals surface area contributed by atoms with Gasteiger partial charge in [0.05, 0.1) is 15.7 Å². The van der Waals surface area contributed by atoms with Gasteiger partial charge in [-0.25, -0.2) is 9.69 Å². The molecule has 3 rings (SSSR count). The molecule has 26 heavy (non-hydrogen) atoms. The Kier molecular flexibility index (Phi) is 5.70. The van der Waals surface area contributed by atoms with Crippen LogP contribution in [0.5, 0.6) is 0 Å². The molecule has 0 spiro atoms. The second kappa shape index (κ2) is 7.82. The molecule has 2 atom stereocenters. The van der Waals surface area contributed by atoms with Gasteiger partial charge in [0.15, 0.2) is 0 Å². The molecule has 2 heterocycles. The molecule has 4 amide bonds. The lowest BCUT2D eigenvalue weighted by Crippen LogP contribution is -2.40. The van der Waals surface area contributed by atoms with Crippen LogP contribution in [-0.4, -0.2) is 47.9 Å². The molecule has 0 aliphatic carbocycles. The van der Waals surface area contributed by atoms with Gasteiger partial charge in [0.2, 0.25) is 5.91 Å². The van der Waals surface area contributed by atoms with E-state index in [2.05, 4.69) is 5.32 Å². The van der Waals surface area contributed by atoms with Crippen molar-refractivity contribution in [1.29, 1.82) is 0 Å². The third-order valence-electron chi connectivity index (χ3n) is 4.80. The van der Waals surface area contributed by atoms with Crippen LogP contribution in [0.25, 0.3) is 0 Å². The number of anilines is 1. The number of halogens is 2. The number of likely N-dealkylation sites (tertiary alicyclic amines) is 1. The second-order valence-corrected chi connectivity index (χ2v) is 7.25. The number of carbonyl (C=O) groups is 3. The smallest absolute Gasteiger partial charge is 0.329 e. The summed E-state index contributed by atoms with van der Waals surface area (Å²) in [5.41, 5.74) is 6.04. The van der Waals surface area contributed by atoms with Crippen molar-refractivity contribution in [1.82, 2.24) is 10.2 Å². The largest absolute Gasteiger partial charge is 0.338 e. The van der Waals surface area contributed by atoms with Crippen molar-refractivity contribution in [2.75, 3.05) is 18.0 Å². The highest BCUT2D eigenvalue weighted by Crippen LogP contribution is 2.29. The van der Waals surface area contributed by atoms with Gasteiger partial charge in [-0.05, 0) is 37.5 Å². The quantitative estimate of drug-likeness (QED) is 0.742. The zero-order valence-electron chi connectivity index (χ0n) is 14.1. The molecule has 1 aromatic rings. The third kappa shape index (κ3) is 3.65. The minimum absolute atomic E-state index is 0.0343. The molecule has 7 nitrogen and oxygen atoms in total. The number of rotatable bonds is 5. The monoisotopic (exact) mass is 398 g/mol. The summed E-state index contributed by atoms with van der Waals surface area (Å²) in [6.45, 7) is 1.14. The summed E-state index contributed by atoms with van der Waals surface area (Å²) in [6.07, 6.45) is 2.28. The van der Waals surface area contributed by atoms with Crippen molar-refractivity contribution in [3.8, 4) is 0 Å². The minimum Gasteiger partial charge on any atom is -0.338 e. The average Bonchev–Trinajstić information content (AvgIpc) is 3.20. The standard InChI is InChI=1S/C17H20Cl2N4O3/c18-12-4-3-10(8-13(12)19)23-16(25)14(21-17(23)26)5-6-15(24)22-7-1-2-11(22)9-20/h3-4,8,11,14H,1-2,5-7,9,20H2,(H,21,26)/t11-,14-/m0/s1. The van der Waals surface area contributed by atoms with Crippen LogP contribution < -0.4 is 16.0 Å². The molecule has 2 fully saturated rings. The average molecular weight is 399 g/mol. The first-order valence-electron chi connectivity index (χ1n) is 8.51. The summed E-state index contributed by atoms with van der Waals surface area (Å²) in [4.78, 5) is 40.0. The lowest BCUT2D eigenvalue weighted by Gasteiger charge is -2.23. The van der Waals surface area contributed by atoms with Gasteiger partial charge < -0.3 is 16.0 Å². The van der Waals surface area contributed by atoms with Gasteiger partial charge in [0.1, 0.15) is 6.04 Å². The van der Waals surface area contributed by atoms with E-state index in [0.717, 1.165) is 17.7 Å². The molecule has 0 unspecified atom stereocenters. The van der Waals surface area contributed by atoms with Crippen molar-refractivity contribution in [2.24, 2.45) is 5.73 Å². The zero-order valence-corrected chi connectivity index (χ0v) is 15.6. The van der Waals surface area contributed by atoms with Gasteiger partial charge in [0, 0.05) is 25.6 Å². The molecule has 2 aliphatic rings. The molecule has 2 saturated heterocycles. The van der Waals surface area contributed by atoms with Crippen molar-refractivity contribution in [2.45, 2.75) is 37.8 Å². The number of amides is 4. The highest BCUT2D eigenvalue weighted by atomic mass is 35.5. The Morgan fingerprint density at radius 2 is 2.04 bits per heavy atom. The summed E-state index contributed by atoms with van der Waals surface area (Å²) in [6, 6.07) is 3.34. The number of nitrogens with two attached hydrogens (primary N) is 1. The Labute approximate surface area is 161 Å². The third-order valence-corrected chi connectivity index (χ3v) is 5.54. The number of benzene rings is 1. The maximum Gasteiger partial charge on any atom is 0.329 e. The first kappa shape index (κ1) is 18.9. The van der Waals surface area contributed by atoms with E-state index < -0.39 is 18.0 Å². The molecule has 1 aromatic carbocycles. The fraction of sp³-hybridized carbons (Fsp3) is 0.471. The maximum absolute atomic E-state index is 12.6. The van der Waals surface area contributed by atoms with Gasteiger partial charge in [0.25, 0.3) is 5.91 Å². The zero-order chi connectivity index (χ0) is 18.8. The number of hydrogen-bond donors (Lipinski definition) is 2. The van der Waals surface area contributed by atoms with E-state index in [1.165, 1.54) is 12.1 Å². The Hall–Kier alpha value is -1.83. The van der Waals surface area contributed by atoms with E-state index in [1.54, 1.807) is 11.0 Å². The van der Waals surface area contributed by atoms with Gasteiger partial charge in [-0.1, -0.05) is 23.2 Å². The highest BCUT2D eigenvalue weighted by Gasteiger charge is 2.39. The lowest BCUT2D eigenvalue weighted by molar-refractivity contribution is -0.132. The molecule has 2 aliphatic heterocycles. The SMILES string of the molecule is NC[C@@H]1CCCN1C(=O)CC[C@@H]1NC(=O)N(c2ccc(Cl)c(Cl)c2)C1=O. The summed E-state index contributed by atoms with van der Waals surface area (Å²) in [5.74, 6) is -0.439. The number of hydrogen-bond acceptors (Lipinski definition) is 4. The van der Waals surface area contributed by atoms with Crippen molar-refractivity contribution in [3.05, 3.63) is 28.2 Å². The molecular weight excluding hydrogens is 379 g/mol. The normalized spacial score (nSPS) is 22.9. The van der Waals surface area contributed by atoms with E-state index in [0.29, 0.717) is 23.8 Å². The molecule has 9 heteroatoms. The van der Waals surface area contributed by atoms with E-state index in [9.17, 15) is 14.4 Å². The number of imide groups is 1. The van der Waals surface area contributed by atoms with Crippen LogP contribution in [0, 0.1) is 0 Å². The van der Waals surface area contributed by atoms with E-state index in [1.807, 2.05) is 0 Å². The molecular formula is C17H20Cl2N4O3. The Morgan fingerprint density at radius 3 is 2.73 bits per heavy atom. The first-order chi connectivity index (χ1) is 12.4. The fourth-order valence-electron chi connectivity index (χ4n) is 3.42. The number of nitrogens with one attached hydrogen (secondary N) is 1. The summed E-state index contributed by atoms with van der Waals surface area (Å²) >= 11 is 11.8. The molecule has 0 aromatic heterocycles. The first-order valence-corrected chi connectivity index (χ1v) is 9.27. The van der Waals surface area contributed by atoms with Crippen LogP contribution in [0.3, 0.4) is 0 Å². The van der Waals surface area contributed by atoms with Gasteiger partial charge in [-0.3, -0.25) is 9.59 Å². The van der Waals surface area contributed by atoms with Crippen molar-refractivity contribution >= 4 is 46.7 Å². The molecule has 0 bridgehead atoms. The minimum atomic E-state index is -0.736. The van der Waals surface area contributed by atoms with Crippen LogP contribution >= 0.6 is 23.2 Å². The molecule has 0 saturated carbocycles. The van der Waals surface area contributed by atoms with Gasteiger partial charge >= 0.3 is 6.03 Å². The maximum atomic E-state index is 12.6. The molecule has 140 valence electrons. The number of urea groups is 1. The van der Waals surface area contributed by atoms with E-state index >= 15 is 0 Å². The highest BCUT2D eigenvalue weighted by molar-refractivity contribution is 6.42. The van der Waals surface area contributed by atoms with Crippen LogP contribution in [0.2, 0.25) is 10.0 Å². The fourth-order valence-corrected chi connectivity index (χ4v) is 3.71. The second-order valence-electron chi connectivity index (χ2n) is 6.43. The van der Waals surface area contributed by atoms with Crippen LogP contribution in [0.4, 0.5) is 10.5 Å². The molecule has 0 radical (unpaired) electrons. The summed E-state index contributed by atoms with van der Waals surface area (Å²) < 4.78 is 0. The predicted octanol–water partition coefficient (Wildman–Crippen LogP) is 2.15. The Balaban J connectivity index is 1.63. The topological polar surface area (TPSA) is 95.7 Å². The van der Waals surface area contributed by atoms with E-state index in [4.69, 9.17) is 28.9 Å². The molecule has 3 N–H and O–H groups in total. The Morgan fingerprint density at radius 1 is 1.27 bits per heavy atom. The summed E-state index contributed by atoms with van der Waals surface area (Å²) in [7, 11) is 0. The van der Waals surface area contributed by atoms with Crippen molar-refractivity contribution in [3.63, 3.8) is 0 Å². The summed E-state index contributed by atoms with van der Waals surface area (Å²) in [5, 5.41) is 3.22. The number of carbonyl (C=O) groups excluding carboxylic acids is 3. The van der Waals surface area contributed by atoms with E-state index in [-0.39, 0.29) is 29.8 Å². The van der Waals surface area contributed by atoms with Crippen LogP contribution in [0.1, 0.15) is 25.7 Å². The van der Waals surface area contributed by atoms with Gasteiger partial charge in [-0.2, -0.15) is 0 Å². The lowest BCUT2D eigenvalue weighted by atomic mass is 10.1. The predicted molar refractivity (Wildman–Crippen MR) is 99.3 cm³/mol. The van der Waals surface area contributed by atoms with Crippen molar-refractivity contribution < 1.29 is 14.4 Å². The van der Waals surface area contributed by atoms with Crippen LogP contribution in [0.15, 0.2) is 18.2 Å². The van der Waals surface area contributed by atoms with Crippen LogP contribution in [-0.2, 0) is 9.59 Å². The number of nitrogens with zero attached hydrogens (tertiary/aromatic N) is 2.